The Balaban J connectivity index is 1.77. The van der Waals surface area contributed by atoms with E-state index in [1.165, 1.54) is 32.7 Å². The van der Waals surface area contributed by atoms with E-state index in [1.54, 1.807) is 0 Å². The monoisotopic (exact) mass is 393 g/mol. The fourth-order valence-corrected chi connectivity index (χ4v) is 5.45. The van der Waals surface area contributed by atoms with Gasteiger partial charge in [-0.2, -0.15) is 0 Å². The van der Waals surface area contributed by atoms with Crippen LogP contribution in [-0.2, 0) is 17.8 Å². The van der Waals surface area contributed by atoms with E-state index in [0.717, 1.165) is 12.3 Å². The molecular weight excluding hydrogens is 370 g/mol. The van der Waals surface area contributed by atoms with Gasteiger partial charge in [-0.15, -0.1) is 11.8 Å². The molecule has 1 aliphatic heterocycles. The van der Waals surface area contributed by atoms with Crippen LogP contribution in [0.15, 0.2) is 114 Å². The van der Waals surface area contributed by atoms with Crippen molar-refractivity contribution in [3.8, 4) is 0 Å². The lowest BCUT2D eigenvalue weighted by Crippen LogP contribution is -2.44. The molecule has 1 atom stereocenters. The lowest BCUT2D eigenvalue weighted by molar-refractivity contribution is 0.463. The summed E-state index contributed by atoms with van der Waals surface area (Å²) in [6, 6.07) is 39.3. The lowest BCUT2D eigenvalue weighted by atomic mass is 9.75. The Labute approximate surface area is 176 Å². The van der Waals surface area contributed by atoms with E-state index in [2.05, 4.69) is 115 Å². The van der Waals surface area contributed by atoms with Crippen LogP contribution in [0.5, 0.6) is 0 Å². The van der Waals surface area contributed by atoms with Crippen LogP contribution < -0.4 is 5.32 Å². The molecule has 2 heteroatoms. The van der Waals surface area contributed by atoms with Gasteiger partial charge in [0.2, 0.25) is 0 Å². The van der Waals surface area contributed by atoms with Crippen LogP contribution in [-0.4, -0.2) is 0 Å². The highest BCUT2D eigenvalue weighted by atomic mass is 32.2. The van der Waals surface area contributed by atoms with Gasteiger partial charge in [-0.3, -0.25) is 5.32 Å². The second-order valence-corrected chi connectivity index (χ2v) is 8.41. The van der Waals surface area contributed by atoms with Crippen molar-refractivity contribution in [2.75, 3.05) is 0 Å². The number of rotatable bonds is 4. The van der Waals surface area contributed by atoms with Gasteiger partial charge < -0.3 is 0 Å². The smallest absolute Gasteiger partial charge is 0.0964 e. The van der Waals surface area contributed by atoms with E-state index >= 15 is 0 Å². The van der Waals surface area contributed by atoms with E-state index in [1.807, 2.05) is 11.8 Å². The molecule has 0 bridgehead atoms. The first-order valence-electron chi connectivity index (χ1n) is 10.0. The standard InChI is InChI=1S/C27H23NS/c1-3-11-21(12-4-1)19-28-27(23-14-5-2-6-15-23)24-16-8-7-13-22(24)20-29-26-18-10-9-17-25(26)27/h1-18,28H,19-20H2/t27-/m1/s1. The number of fused-ring (bicyclic) bond motifs is 2. The van der Waals surface area contributed by atoms with Gasteiger partial charge in [0, 0.05) is 17.2 Å². The van der Waals surface area contributed by atoms with Crippen molar-refractivity contribution in [2.45, 2.75) is 22.7 Å². The van der Waals surface area contributed by atoms with E-state index in [4.69, 9.17) is 0 Å². The number of hydrogen-bond acceptors (Lipinski definition) is 2. The minimum atomic E-state index is -0.395. The molecule has 1 heterocycles. The fourth-order valence-electron chi connectivity index (χ4n) is 4.34. The van der Waals surface area contributed by atoms with Crippen LogP contribution in [0.1, 0.15) is 27.8 Å². The second kappa shape index (κ2) is 7.90. The van der Waals surface area contributed by atoms with Crippen LogP contribution in [0, 0.1) is 0 Å². The minimum absolute atomic E-state index is 0.395. The average Bonchev–Trinajstić information content (AvgIpc) is 2.94. The second-order valence-electron chi connectivity index (χ2n) is 7.40. The average molecular weight is 394 g/mol. The SMILES string of the molecule is c1ccc(CN[C@]2(c3ccccc3)c3ccccc3CSc3ccccc32)cc1. The van der Waals surface area contributed by atoms with Crippen molar-refractivity contribution >= 4 is 11.8 Å². The Morgan fingerprint density at radius 2 is 1.28 bits per heavy atom. The van der Waals surface area contributed by atoms with Gasteiger partial charge in [-0.05, 0) is 33.9 Å². The molecule has 1 nitrogen and oxygen atoms in total. The maximum Gasteiger partial charge on any atom is 0.0964 e. The normalized spacial score (nSPS) is 17.8. The third-order valence-corrected chi connectivity index (χ3v) is 6.83. The molecule has 5 rings (SSSR count). The highest BCUT2D eigenvalue weighted by Gasteiger charge is 2.40. The molecule has 0 saturated carbocycles. The molecule has 0 amide bonds. The summed E-state index contributed by atoms with van der Waals surface area (Å²) in [6.45, 7) is 0.795. The predicted molar refractivity (Wildman–Crippen MR) is 122 cm³/mol. The Morgan fingerprint density at radius 1 is 0.655 bits per heavy atom. The van der Waals surface area contributed by atoms with Crippen molar-refractivity contribution in [1.82, 2.24) is 5.32 Å². The summed E-state index contributed by atoms with van der Waals surface area (Å²) in [7, 11) is 0. The topological polar surface area (TPSA) is 12.0 Å². The highest BCUT2D eigenvalue weighted by molar-refractivity contribution is 7.98. The third-order valence-electron chi connectivity index (χ3n) is 5.70. The zero-order valence-electron chi connectivity index (χ0n) is 16.2. The van der Waals surface area contributed by atoms with Gasteiger partial charge in [0.15, 0.2) is 0 Å². The van der Waals surface area contributed by atoms with Gasteiger partial charge in [-0.1, -0.05) is 103 Å². The van der Waals surface area contributed by atoms with Gasteiger partial charge in [0.25, 0.3) is 0 Å². The zero-order chi connectivity index (χ0) is 19.5. The number of benzene rings is 4. The molecule has 4 aromatic carbocycles. The van der Waals surface area contributed by atoms with E-state index in [-0.39, 0.29) is 0 Å². The maximum atomic E-state index is 4.01. The fraction of sp³-hybridized carbons (Fsp3) is 0.111. The van der Waals surface area contributed by atoms with Crippen molar-refractivity contribution in [2.24, 2.45) is 0 Å². The van der Waals surface area contributed by atoms with Gasteiger partial charge in [0.1, 0.15) is 0 Å². The van der Waals surface area contributed by atoms with Crippen LogP contribution in [0.25, 0.3) is 0 Å². The van der Waals surface area contributed by atoms with Gasteiger partial charge in [0.05, 0.1) is 5.54 Å². The molecule has 142 valence electrons. The summed E-state index contributed by atoms with van der Waals surface area (Å²) < 4.78 is 0. The Hall–Kier alpha value is -2.81. The van der Waals surface area contributed by atoms with E-state index in [9.17, 15) is 0 Å². The number of nitrogens with one attached hydrogen (secondary N) is 1. The first-order valence-corrected chi connectivity index (χ1v) is 11.0. The first-order chi connectivity index (χ1) is 14.4. The van der Waals surface area contributed by atoms with Crippen LogP contribution >= 0.6 is 11.8 Å². The molecule has 1 N–H and O–H groups in total. The summed E-state index contributed by atoms with van der Waals surface area (Å²) in [5.74, 6) is 0.981. The predicted octanol–water partition coefficient (Wildman–Crippen LogP) is 6.37. The minimum Gasteiger partial charge on any atom is -0.296 e. The quantitative estimate of drug-likeness (QED) is 0.432. The van der Waals surface area contributed by atoms with Crippen LogP contribution in [0.3, 0.4) is 0 Å². The van der Waals surface area contributed by atoms with Gasteiger partial charge >= 0.3 is 0 Å². The molecule has 0 unspecified atom stereocenters. The lowest BCUT2D eigenvalue weighted by Gasteiger charge is -2.38. The Bertz CT molecular complexity index is 1060. The van der Waals surface area contributed by atoms with E-state index < -0.39 is 5.54 Å². The van der Waals surface area contributed by atoms with Crippen molar-refractivity contribution in [3.63, 3.8) is 0 Å². The Morgan fingerprint density at radius 3 is 2.07 bits per heavy atom. The molecule has 1 aliphatic rings. The highest BCUT2D eigenvalue weighted by Crippen LogP contribution is 2.46. The molecular formula is C27H23NS. The summed E-state index contributed by atoms with van der Waals surface area (Å²) >= 11 is 1.93. The molecule has 0 saturated heterocycles. The molecule has 0 fully saturated rings. The summed E-state index contributed by atoms with van der Waals surface area (Å²) in [5, 5.41) is 4.01. The van der Waals surface area contributed by atoms with Crippen molar-refractivity contribution in [3.05, 3.63) is 137 Å². The van der Waals surface area contributed by atoms with Crippen molar-refractivity contribution in [1.29, 1.82) is 0 Å². The molecule has 0 spiro atoms. The molecule has 0 radical (unpaired) electrons. The summed E-state index contributed by atoms with van der Waals surface area (Å²) in [4.78, 5) is 1.34. The number of hydrogen-bond donors (Lipinski definition) is 1. The molecule has 29 heavy (non-hydrogen) atoms. The summed E-state index contributed by atoms with van der Waals surface area (Å²) in [6.07, 6.45) is 0. The molecule has 0 aromatic heterocycles. The van der Waals surface area contributed by atoms with Crippen LogP contribution in [0.2, 0.25) is 0 Å². The third kappa shape index (κ3) is 3.29. The van der Waals surface area contributed by atoms with Crippen molar-refractivity contribution < 1.29 is 0 Å². The number of thioether (sulfide) groups is 1. The summed E-state index contributed by atoms with van der Waals surface area (Å²) in [5.41, 5.74) is 6.23. The van der Waals surface area contributed by atoms with E-state index in [0.29, 0.717) is 0 Å². The first kappa shape index (κ1) is 18.2. The van der Waals surface area contributed by atoms with Crippen LogP contribution in [0.4, 0.5) is 0 Å². The van der Waals surface area contributed by atoms with Gasteiger partial charge in [-0.25, -0.2) is 0 Å². The largest absolute Gasteiger partial charge is 0.296 e. The maximum absolute atomic E-state index is 4.01. The molecule has 4 aromatic rings. The molecule has 0 aliphatic carbocycles. The zero-order valence-corrected chi connectivity index (χ0v) is 17.0. The Kier molecular flexibility index (Phi) is 4.97.